The molecular weight excluding hydrogens is 506 g/mol. The van der Waals surface area contributed by atoms with Crippen molar-refractivity contribution in [3.05, 3.63) is 33.9 Å². The highest BCUT2D eigenvalue weighted by molar-refractivity contribution is 7.32. The highest BCUT2D eigenvalue weighted by Crippen LogP contribution is 2.33. The number of amides is 1. The number of nitrogens with one attached hydrogen (secondary N) is 1. The van der Waals surface area contributed by atoms with Gasteiger partial charge in [-0.2, -0.15) is 0 Å². The molecule has 1 amide bonds. The van der Waals surface area contributed by atoms with Gasteiger partial charge >= 0.3 is 22.5 Å². The molecule has 0 aliphatic heterocycles. The van der Waals surface area contributed by atoms with Crippen molar-refractivity contribution in [1.29, 1.82) is 0 Å². The minimum Gasteiger partial charge on any atom is -0.494 e. The lowest BCUT2D eigenvalue weighted by atomic mass is 9.82. The molecule has 1 aromatic rings. The number of nitro groups is 1. The Labute approximate surface area is 203 Å². The Hall–Kier alpha value is -2.30. The van der Waals surface area contributed by atoms with E-state index in [1.807, 2.05) is 0 Å². The van der Waals surface area contributed by atoms with Gasteiger partial charge in [0.1, 0.15) is 5.75 Å². The maximum Gasteiger partial charge on any atom is 0.367 e. The van der Waals surface area contributed by atoms with Gasteiger partial charge in [0.2, 0.25) is 5.91 Å². The zero-order chi connectivity index (χ0) is 26.0. The summed E-state index contributed by atoms with van der Waals surface area (Å²) in [6.07, 6.45) is 2.59. The van der Waals surface area contributed by atoms with Crippen LogP contribution in [-0.4, -0.2) is 39.8 Å². The average molecular weight is 536 g/mol. The molecule has 1 fully saturated rings. The van der Waals surface area contributed by atoms with Gasteiger partial charge in [-0.15, -0.1) is 0 Å². The number of nitrogens with zero attached hydrogens (tertiary/aromatic N) is 1. The summed E-state index contributed by atoms with van der Waals surface area (Å²) < 4.78 is 35.7. The van der Waals surface area contributed by atoms with E-state index in [0.717, 1.165) is 0 Å². The molecule has 1 saturated carbocycles. The zero-order valence-electron chi connectivity index (χ0n) is 19.1. The van der Waals surface area contributed by atoms with Crippen molar-refractivity contribution in [2.24, 2.45) is 11.8 Å². The van der Waals surface area contributed by atoms with Crippen molar-refractivity contribution in [3.63, 3.8) is 0 Å². The summed E-state index contributed by atoms with van der Waals surface area (Å²) in [6, 6.07) is 3.46. The first-order valence-corrected chi connectivity index (χ1v) is 13.6. The molecular formula is C20H30N2O11P2. The van der Waals surface area contributed by atoms with Gasteiger partial charge in [0, 0.05) is 18.4 Å². The number of nitro benzene ring substituents is 1. The van der Waals surface area contributed by atoms with Crippen molar-refractivity contribution in [3.8, 4) is 5.75 Å². The van der Waals surface area contributed by atoms with Gasteiger partial charge in [-0.25, -0.2) is 4.57 Å². The molecule has 196 valence electrons. The lowest BCUT2D eigenvalue weighted by Gasteiger charge is -2.28. The molecule has 15 heteroatoms. The molecule has 0 radical (unpaired) electrons. The number of hydrogen-bond donors (Lipinski definition) is 3. The number of hydrogen-bond acceptors (Lipinski definition) is 9. The van der Waals surface area contributed by atoms with E-state index >= 15 is 0 Å². The van der Waals surface area contributed by atoms with Crippen LogP contribution in [0.1, 0.15) is 57.1 Å². The topological polar surface area (TPSA) is 192 Å². The molecule has 1 aromatic carbocycles. The van der Waals surface area contributed by atoms with Crippen LogP contribution < -0.4 is 10.1 Å². The SMILES string of the molecule is CC(NC(=O)C1CCC(CO[PH](=O)O)CC1)c1cc(OCCCC(=O)O[PH](=O)O)ccc1[N+](=O)[O-]. The standard InChI is InChI=1S/C20H30N2O11P2/c1-13(21-20(24)15-6-4-14(5-7-15)12-32-34(27)28)17-11-16(8-9-18(17)22(25)26)31-10-2-3-19(23)33-35(29)30/h8-9,11,13-15,34-35H,2-7,10,12H2,1H3,(H,21,24)(H,27,28)(H,29,30). The van der Waals surface area contributed by atoms with Crippen LogP contribution in [0.25, 0.3) is 0 Å². The molecule has 3 N–H and O–H groups in total. The first-order chi connectivity index (χ1) is 16.6. The summed E-state index contributed by atoms with van der Waals surface area (Å²) in [7, 11) is -6.31. The van der Waals surface area contributed by atoms with E-state index < -0.39 is 33.4 Å². The lowest BCUT2D eigenvalue weighted by molar-refractivity contribution is -0.385. The lowest BCUT2D eigenvalue weighted by Crippen LogP contribution is -2.35. The monoisotopic (exact) mass is 536 g/mol. The molecule has 0 heterocycles. The molecule has 35 heavy (non-hydrogen) atoms. The Morgan fingerprint density at radius 3 is 2.49 bits per heavy atom. The molecule has 1 aliphatic rings. The van der Waals surface area contributed by atoms with Gasteiger partial charge in [0.05, 0.1) is 29.7 Å². The summed E-state index contributed by atoms with van der Waals surface area (Å²) >= 11 is 0. The first-order valence-electron chi connectivity index (χ1n) is 11.1. The number of carbonyl (C=O) groups excluding carboxylic acids is 2. The predicted molar refractivity (Wildman–Crippen MR) is 124 cm³/mol. The maximum atomic E-state index is 12.8. The summed E-state index contributed by atoms with van der Waals surface area (Å²) in [6.45, 7) is 1.88. The fourth-order valence-electron chi connectivity index (χ4n) is 3.88. The Morgan fingerprint density at radius 1 is 1.20 bits per heavy atom. The van der Waals surface area contributed by atoms with Crippen molar-refractivity contribution >= 4 is 34.1 Å². The van der Waals surface area contributed by atoms with Crippen LogP contribution in [-0.2, 0) is 27.8 Å². The second-order valence-corrected chi connectivity index (χ2v) is 9.75. The van der Waals surface area contributed by atoms with E-state index in [1.165, 1.54) is 18.2 Å². The van der Waals surface area contributed by atoms with Crippen molar-refractivity contribution < 1.29 is 47.2 Å². The maximum absolute atomic E-state index is 12.8. The zero-order valence-corrected chi connectivity index (χ0v) is 21.1. The smallest absolute Gasteiger partial charge is 0.367 e. The van der Waals surface area contributed by atoms with E-state index in [1.54, 1.807) is 6.92 Å². The quantitative estimate of drug-likeness (QED) is 0.145. The van der Waals surface area contributed by atoms with Crippen LogP contribution in [0.4, 0.5) is 5.69 Å². The third-order valence-electron chi connectivity index (χ3n) is 5.68. The summed E-state index contributed by atoms with van der Waals surface area (Å²) in [5.41, 5.74) is 0.0798. The Balaban J connectivity index is 1.93. The van der Waals surface area contributed by atoms with Crippen LogP contribution in [0.2, 0.25) is 0 Å². The molecule has 0 bridgehead atoms. The van der Waals surface area contributed by atoms with Crippen LogP contribution in [0, 0.1) is 22.0 Å². The van der Waals surface area contributed by atoms with Gasteiger partial charge < -0.3 is 28.9 Å². The normalized spacial score (nSPS) is 20.3. The van der Waals surface area contributed by atoms with E-state index in [9.17, 15) is 28.8 Å². The Bertz CT molecular complexity index is 951. The van der Waals surface area contributed by atoms with E-state index in [-0.39, 0.29) is 55.0 Å². The third kappa shape index (κ3) is 10.1. The summed E-state index contributed by atoms with van der Waals surface area (Å²) in [5.74, 6) is -0.907. The fraction of sp³-hybridized carbons (Fsp3) is 0.600. The molecule has 13 nitrogen and oxygen atoms in total. The average Bonchev–Trinajstić information content (AvgIpc) is 2.80. The second kappa shape index (κ2) is 14.3. The van der Waals surface area contributed by atoms with E-state index in [0.29, 0.717) is 31.4 Å². The van der Waals surface area contributed by atoms with Crippen LogP contribution in [0.3, 0.4) is 0 Å². The Kier molecular flexibility index (Phi) is 11.8. The van der Waals surface area contributed by atoms with E-state index in [2.05, 4.69) is 9.84 Å². The van der Waals surface area contributed by atoms with Gasteiger partial charge in [-0.3, -0.25) is 24.3 Å². The minimum atomic E-state index is -3.34. The largest absolute Gasteiger partial charge is 0.494 e. The second-order valence-electron chi connectivity index (χ2n) is 8.19. The van der Waals surface area contributed by atoms with Crippen molar-refractivity contribution in [2.45, 2.75) is 51.5 Å². The Morgan fingerprint density at radius 2 is 1.89 bits per heavy atom. The molecule has 2 rings (SSSR count). The van der Waals surface area contributed by atoms with Crippen LogP contribution in [0.15, 0.2) is 18.2 Å². The van der Waals surface area contributed by atoms with Crippen molar-refractivity contribution in [1.82, 2.24) is 5.32 Å². The predicted octanol–water partition coefficient (Wildman–Crippen LogP) is 3.06. The highest BCUT2D eigenvalue weighted by Gasteiger charge is 2.29. The van der Waals surface area contributed by atoms with Gasteiger partial charge in [-0.05, 0) is 57.1 Å². The third-order valence-corrected chi connectivity index (χ3v) is 6.49. The number of carbonyl (C=O) groups is 2. The van der Waals surface area contributed by atoms with Crippen molar-refractivity contribution in [2.75, 3.05) is 13.2 Å². The number of rotatable bonds is 13. The fourth-order valence-corrected chi connectivity index (χ4v) is 4.55. The van der Waals surface area contributed by atoms with Crippen LogP contribution >= 0.6 is 16.5 Å². The molecule has 0 saturated heterocycles. The van der Waals surface area contributed by atoms with Crippen LogP contribution in [0.5, 0.6) is 5.75 Å². The molecule has 3 atom stereocenters. The minimum absolute atomic E-state index is 0.0671. The molecule has 3 unspecified atom stereocenters. The number of ether oxygens (including phenoxy) is 1. The summed E-state index contributed by atoms with van der Waals surface area (Å²) in [4.78, 5) is 52.4. The van der Waals surface area contributed by atoms with Gasteiger partial charge in [0.15, 0.2) is 0 Å². The van der Waals surface area contributed by atoms with Gasteiger partial charge in [-0.1, -0.05) is 0 Å². The molecule has 0 aromatic heterocycles. The first kappa shape index (κ1) is 28.9. The molecule has 1 aliphatic carbocycles. The summed E-state index contributed by atoms with van der Waals surface area (Å²) in [5, 5.41) is 14.3. The van der Waals surface area contributed by atoms with Gasteiger partial charge in [0.25, 0.3) is 5.69 Å². The number of benzene rings is 1. The highest BCUT2D eigenvalue weighted by atomic mass is 31.1. The molecule has 0 spiro atoms. The van der Waals surface area contributed by atoms with E-state index in [4.69, 9.17) is 19.0 Å².